The molecule has 20 heavy (non-hydrogen) atoms. The molecule has 1 aliphatic heterocycles. The molecule has 0 saturated carbocycles. The van der Waals surface area contributed by atoms with E-state index in [1.807, 2.05) is 16.7 Å². The zero-order valence-corrected chi connectivity index (χ0v) is 11.8. The first-order chi connectivity index (χ1) is 9.72. The van der Waals surface area contributed by atoms with Gasteiger partial charge in [0, 0.05) is 31.2 Å². The summed E-state index contributed by atoms with van der Waals surface area (Å²) in [5.41, 5.74) is 7.83. The first kappa shape index (κ1) is 13.1. The molecule has 1 aromatic carbocycles. The summed E-state index contributed by atoms with van der Waals surface area (Å²) < 4.78 is 18.1. The van der Waals surface area contributed by atoms with Crippen LogP contribution in [0.5, 0.6) is 11.5 Å². The molecule has 0 spiro atoms. The Hall–Kier alpha value is -1.95. The summed E-state index contributed by atoms with van der Waals surface area (Å²) in [6.45, 7) is 2.43. The molecule has 1 aliphatic rings. The molecule has 0 amide bonds. The molecule has 1 atom stereocenters. The van der Waals surface area contributed by atoms with Crippen LogP contribution in [0.4, 0.5) is 5.95 Å². The SMILES string of the molecule is COc1cc2nc(N)n(CC3CCOC3)c2cc1OC. The number of rotatable bonds is 4. The molecule has 0 radical (unpaired) electrons. The Kier molecular flexibility index (Phi) is 3.40. The number of ether oxygens (including phenoxy) is 3. The third-order valence-electron chi connectivity index (χ3n) is 3.75. The van der Waals surface area contributed by atoms with Gasteiger partial charge in [-0.2, -0.15) is 0 Å². The van der Waals surface area contributed by atoms with Crippen molar-refractivity contribution >= 4 is 17.0 Å². The summed E-state index contributed by atoms with van der Waals surface area (Å²) in [6.07, 6.45) is 1.06. The van der Waals surface area contributed by atoms with Gasteiger partial charge in [-0.3, -0.25) is 0 Å². The molecular formula is C14H19N3O3. The number of nitrogens with two attached hydrogens (primary N) is 1. The smallest absolute Gasteiger partial charge is 0.201 e. The minimum Gasteiger partial charge on any atom is -0.493 e. The van der Waals surface area contributed by atoms with Crippen molar-refractivity contribution in [3.8, 4) is 11.5 Å². The van der Waals surface area contributed by atoms with Gasteiger partial charge in [-0.1, -0.05) is 0 Å². The van der Waals surface area contributed by atoms with Crippen LogP contribution in [0, 0.1) is 5.92 Å². The number of hydrogen-bond donors (Lipinski definition) is 1. The molecule has 0 bridgehead atoms. The van der Waals surface area contributed by atoms with Gasteiger partial charge in [-0.25, -0.2) is 4.98 Å². The van der Waals surface area contributed by atoms with Crippen LogP contribution in [0.3, 0.4) is 0 Å². The number of methoxy groups -OCH3 is 2. The number of fused-ring (bicyclic) bond motifs is 1. The average Bonchev–Trinajstić information content (AvgIpc) is 3.06. The lowest BCUT2D eigenvalue weighted by Gasteiger charge is -2.12. The maximum atomic E-state index is 6.04. The molecule has 1 aromatic heterocycles. The van der Waals surface area contributed by atoms with Crippen LogP contribution in [-0.2, 0) is 11.3 Å². The zero-order valence-electron chi connectivity index (χ0n) is 11.8. The third-order valence-corrected chi connectivity index (χ3v) is 3.75. The van der Waals surface area contributed by atoms with E-state index in [0.717, 1.165) is 37.2 Å². The summed E-state index contributed by atoms with van der Waals surface area (Å²) in [6, 6.07) is 3.78. The van der Waals surface area contributed by atoms with E-state index in [1.54, 1.807) is 14.2 Å². The number of aromatic nitrogens is 2. The van der Waals surface area contributed by atoms with Crippen LogP contribution in [0.25, 0.3) is 11.0 Å². The quantitative estimate of drug-likeness (QED) is 0.920. The van der Waals surface area contributed by atoms with Gasteiger partial charge in [0.1, 0.15) is 0 Å². The van der Waals surface area contributed by atoms with Gasteiger partial charge in [0.05, 0.1) is 31.9 Å². The van der Waals surface area contributed by atoms with Crippen LogP contribution >= 0.6 is 0 Å². The van der Waals surface area contributed by atoms with E-state index in [4.69, 9.17) is 19.9 Å². The fraction of sp³-hybridized carbons (Fsp3) is 0.500. The van der Waals surface area contributed by atoms with Gasteiger partial charge in [0.15, 0.2) is 11.5 Å². The van der Waals surface area contributed by atoms with Gasteiger partial charge in [-0.05, 0) is 6.42 Å². The van der Waals surface area contributed by atoms with Gasteiger partial charge in [0.25, 0.3) is 0 Å². The van der Waals surface area contributed by atoms with Crippen LogP contribution in [-0.4, -0.2) is 37.0 Å². The second-order valence-corrected chi connectivity index (χ2v) is 5.01. The molecule has 3 rings (SSSR count). The summed E-state index contributed by atoms with van der Waals surface area (Å²) in [5, 5.41) is 0. The summed E-state index contributed by atoms with van der Waals surface area (Å²) in [5.74, 6) is 2.35. The maximum absolute atomic E-state index is 6.04. The van der Waals surface area contributed by atoms with Crippen molar-refractivity contribution in [1.29, 1.82) is 0 Å². The molecule has 6 nitrogen and oxygen atoms in total. The monoisotopic (exact) mass is 277 g/mol. The highest BCUT2D eigenvalue weighted by molar-refractivity contribution is 5.82. The van der Waals surface area contributed by atoms with E-state index in [1.165, 1.54) is 0 Å². The standard InChI is InChI=1S/C14H19N3O3/c1-18-12-5-10-11(6-13(12)19-2)17(14(15)16-10)7-9-3-4-20-8-9/h5-6,9H,3-4,7-8H2,1-2H3,(H2,15,16). The second-order valence-electron chi connectivity index (χ2n) is 5.01. The predicted octanol–water partition coefficient (Wildman–Crippen LogP) is 1.67. The van der Waals surface area contributed by atoms with Crippen LogP contribution in [0.1, 0.15) is 6.42 Å². The number of nitrogens with zero attached hydrogens (tertiary/aromatic N) is 2. The largest absolute Gasteiger partial charge is 0.493 e. The highest BCUT2D eigenvalue weighted by Gasteiger charge is 2.20. The molecule has 0 aliphatic carbocycles. The van der Waals surface area contributed by atoms with E-state index in [-0.39, 0.29) is 0 Å². The van der Waals surface area contributed by atoms with Crippen molar-refractivity contribution in [3.63, 3.8) is 0 Å². The van der Waals surface area contributed by atoms with E-state index < -0.39 is 0 Å². The Bertz CT molecular complexity index is 618. The Balaban J connectivity index is 2.04. The van der Waals surface area contributed by atoms with Crippen molar-refractivity contribution in [2.45, 2.75) is 13.0 Å². The van der Waals surface area contributed by atoms with E-state index in [2.05, 4.69) is 4.98 Å². The topological polar surface area (TPSA) is 71.5 Å². The van der Waals surface area contributed by atoms with Crippen molar-refractivity contribution in [2.24, 2.45) is 5.92 Å². The van der Waals surface area contributed by atoms with E-state index in [9.17, 15) is 0 Å². The molecule has 2 N–H and O–H groups in total. The summed E-state index contributed by atoms with van der Waals surface area (Å²) >= 11 is 0. The molecule has 108 valence electrons. The zero-order chi connectivity index (χ0) is 14.1. The highest BCUT2D eigenvalue weighted by Crippen LogP contribution is 2.33. The first-order valence-corrected chi connectivity index (χ1v) is 6.68. The van der Waals surface area contributed by atoms with Crippen LogP contribution in [0.2, 0.25) is 0 Å². The molecule has 1 saturated heterocycles. The lowest BCUT2D eigenvalue weighted by molar-refractivity contribution is 0.183. The highest BCUT2D eigenvalue weighted by atomic mass is 16.5. The summed E-state index contributed by atoms with van der Waals surface area (Å²) in [7, 11) is 3.23. The molecule has 1 fully saturated rings. The Morgan fingerprint density at radius 1 is 1.35 bits per heavy atom. The summed E-state index contributed by atoms with van der Waals surface area (Å²) in [4.78, 5) is 4.40. The van der Waals surface area contributed by atoms with Crippen molar-refractivity contribution in [3.05, 3.63) is 12.1 Å². The first-order valence-electron chi connectivity index (χ1n) is 6.68. The molecule has 1 unspecified atom stereocenters. The fourth-order valence-corrected chi connectivity index (χ4v) is 2.65. The van der Waals surface area contributed by atoms with Gasteiger partial charge in [0.2, 0.25) is 5.95 Å². The normalized spacial score (nSPS) is 18.6. The number of hydrogen-bond acceptors (Lipinski definition) is 5. The van der Waals surface area contributed by atoms with Crippen molar-refractivity contribution < 1.29 is 14.2 Å². The van der Waals surface area contributed by atoms with Crippen molar-refractivity contribution in [2.75, 3.05) is 33.2 Å². The minimum atomic E-state index is 0.489. The average molecular weight is 277 g/mol. The second kappa shape index (κ2) is 5.20. The molecule has 2 heterocycles. The molecular weight excluding hydrogens is 258 g/mol. The fourth-order valence-electron chi connectivity index (χ4n) is 2.65. The van der Waals surface area contributed by atoms with Crippen molar-refractivity contribution in [1.82, 2.24) is 9.55 Å². The Labute approximate surface area is 117 Å². The predicted molar refractivity (Wildman–Crippen MR) is 76.2 cm³/mol. The van der Waals surface area contributed by atoms with Crippen LogP contribution < -0.4 is 15.2 Å². The number of imidazole rings is 1. The molecule has 2 aromatic rings. The number of nitrogen functional groups attached to an aromatic ring is 1. The number of benzene rings is 1. The lowest BCUT2D eigenvalue weighted by Crippen LogP contribution is -2.12. The Morgan fingerprint density at radius 3 is 2.75 bits per heavy atom. The minimum absolute atomic E-state index is 0.489. The molecule has 6 heteroatoms. The van der Waals surface area contributed by atoms with E-state index >= 15 is 0 Å². The van der Waals surface area contributed by atoms with Crippen LogP contribution in [0.15, 0.2) is 12.1 Å². The lowest BCUT2D eigenvalue weighted by atomic mass is 10.1. The van der Waals surface area contributed by atoms with Gasteiger partial charge in [-0.15, -0.1) is 0 Å². The Morgan fingerprint density at radius 2 is 2.10 bits per heavy atom. The van der Waals surface area contributed by atoms with Gasteiger partial charge < -0.3 is 24.5 Å². The van der Waals surface area contributed by atoms with E-state index in [0.29, 0.717) is 23.4 Å². The van der Waals surface area contributed by atoms with Gasteiger partial charge >= 0.3 is 0 Å². The number of anilines is 1. The third kappa shape index (κ3) is 2.16. The maximum Gasteiger partial charge on any atom is 0.201 e.